The third kappa shape index (κ3) is 3.36. The first kappa shape index (κ1) is 15.8. The summed E-state index contributed by atoms with van der Waals surface area (Å²) in [6, 6.07) is 8.46. The largest absolute Gasteiger partial charge is 0.507 e. The highest BCUT2D eigenvalue weighted by Gasteiger charge is 2.18. The second-order valence-electron chi connectivity index (χ2n) is 5.10. The first-order valence-electron chi connectivity index (χ1n) is 6.86. The van der Waals surface area contributed by atoms with Crippen molar-refractivity contribution >= 4 is 5.91 Å². The van der Waals surface area contributed by atoms with Crippen molar-refractivity contribution in [2.24, 2.45) is 0 Å². The van der Waals surface area contributed by atoms with E-state index in [4.69, 9.17) is 4.74 Å². The summed E-state index contributed by atoms with van der Waals surface area (Å²) in [6.07, 6.45) is 0. The number of rotatable bonds is 4. The van der Waals surface area contributed by atoms with Crippen LogP contribution in [0.25, 0.3) is 0 Å². The van der Waals surface area contributed by atoms with Crippen molar-refractivity contribution in [3.63, 3.8) is 0 Å². The number of carbonyl (C=O) groups excluding carboxylic acids is 1. The number of nitrogens with one attached hydrogen (secondary N) is 1. The van der Waals surface area contributed by atoms with Gasteiger partial charge in [0.05, 0.1) is 18.7 Å². The maximum absolute atomic E-state index is 13.4. The standard InChI is InChI=1S/C17H18FNO3/c1-10-4-6-13(15(20)8-10)17(21)19-11(2)14-9-12(18)5-7-16(14)22-3/h4-9,11,20H,1-3H3,(H,19,21). The number of halogens is 1. The fraction of sp³-hybridized carbons (Fsp3) is 0.235. The van der Waals surface area contributed by atoms with Crippen LogP contribution in [-0.4, -0.2) is 18.1 Å². The molecule has 0 radical (unpaired) electrons. The van der Waals surface area contributed by atoms with Crippen molar-refractivity contribution in [1.29, 1.82) is 0 Å². The summed E-state index contributed by atoms with van der Waals surface area (Å²) in [6.45, 7) is 3.54. The van der Waals surface area contributed by atoms with Crippen molar-refractivity contribution in [1.82, 2.24) is 5.32 Å². The number of phenols is 1. The van der Waals surface area contributed by atoms with Crippen LogP contribution >= 0.6 is 0 Å². The third-order valence-corrected chi connectivity index (χ3v) is 3.40. The van der Waals surface area contributed by atoms with Crippen molar-refractivity contribution in [2.45, 2.75) is 19.9 Å². The minimum atomic E-state index is -0.473. The molecule has 2 aromatic rings. The molecule has 1 amide bonds. The Bertz CT molecular complexity index is 700. The Balaban J connectivity index is 2.23. The van der Waals surface area contributed by atoms with Crippen LogP contribution in [0.2, 0.25) is 0 Å². The molecule has 5 heteroatoms. The Labute approximate surface area is 128 Å². The maximum atomic E-state index is 13.4. The number of hydrogen-bond acceptors (Lipinski definition) is 3. The van der Waals surface area contributed by atoms with Gasteiger partial charge in [0.25, 0.3) is 5.91 Å². The predicted octanol–water partition coefficient (Wildman–Crippen LogP) is 3.34. The second kappa shape index (κ2) is 6.47. The Morgan fingerprint density at radius 1 is 1.27 bits per heavy atom. The molecule has 2 N–H and O–H groups in total. The van der Waals surface area contributed by atoms with Crippen LogP contribution in [0.1, 0.15) is 34.5 Å². The Hall–Kier alpha value is -2.56. The third-order valence-electron chi connectivity index (χ3n) is 3.40. The number of benzene rings is 2. The van der Waals surface area contributed by atoms with Crippen LogP contribution in [0.3, 0.4) is 0 Å². The smallest absolute Gasteiger partial charge is 0.255 e. The topological polar surface area (TPSA) is 58.6 Å². The van der Waals surface area contributed by atoms with E-state index in [0.717, 1.165) is 5.56 Å². The maximum Gasteiger partial charge on any atom is 0.255 e. The molecular formula is C17H18FNO3. The monoisotopic (exact) mass is 303 g/mol. The second-order valence-corrected chi connectivity index (χ2v) is 5.10. The fourth-order valence-electron chi connectivity index (χ4n) is 2.23. The molecule has 1 atom stereocenters. The lowest BCUT2D eigenvalue weighted by Crippen LogP contribution is -2.27. The summed E-state index contributed by atoms with van der Waals surface area (Å²) in [4.78, 5) is 12.2. The Morgan fingerprint density at radius 3 is 2.64 bits per heavy atom. The first-order valence-corrected chi connectivity index (χ1v) is 6.86. The van der Waals surface area contributed by atoms with Gasteiger partial charge in [-0.05, 0) is 49.7 Å². The van der Waals surface area contributed by atoms with Gasteiger partial charge >= 0.3 is 0 Å². The fourth-order valence-corrected chi connectivity index (χ4v) is 2.23. The van der Waals surface area contributed by atoms with E-state index in [2.05, 4.69) is 5.32 Å². The molecule has 116 valence electrons. The number of ether oxygens (including phenoxy) is 1. The van der Waals surface area contributed by atoms with E-state index >= 15 is 0 Å². The molecule has 0 saturated heterocycles. The van der Waals surface area contributed by atoms with Gasteiger partial charge in [-0.15, -0.1) is 0 Å². The molecule has 0 bridgehead atoms. The van der Waals surface area contributed by atoms with Crippen molar-refractivity contribution < 1.29 is 19.0 Å². The van der Waals surface area contributed by atoms with E-state index in [1.54, 1.807) is 19.1 Å². The summed E-state index contributed by atoms with van der Waals surface area (Å²) in [5, 5.41) is 12.6. The highest BCUT2D eigenvalue weighted by molar-refractivity contribution is 5.97. The minimum absolute atomic E-state index is 0.0871. The highest BCUT2D eigenvalue weighted by atomic mass is 19.1. The Kier molecular flexibility index (Phi) is 4.65. The number of aryl methyl sites for hydroxylation is 1. The lowest BCUT2D eigenvalue weighted by atomic mass is 10.1. The molecule has 0 heterocycles. The van der Waals surface area contributed by atoms with Gasteiger partial charge < -0.3 is 15.2 Å². The minimum Gasteiger partial charge on any atom is -0.507 e. The molecule has 4 nitrogen and oxygen atoms in total. The van der Waals surface area contributed by atoms with Crippen LogP contribution in [0.5, 0.6) is 11.5 Å². The van der Waals surface area contributed by atoms with E-state index in [-0.39, 0.29) is 11.3 Å². The molecule has 0 spiro atoms. The molecule has 1 unspecified atom stereocenters. The zero-order valence-corrected chi connectivity index (χ0v) is 12.7. The van der Waals surface area contributed by atoms with E-state index in [0.29, 0.717) is 11.3 Å². The number of methoxy groups -OCH3 is 1. The highest BCUT2D eigenvalue weighted by Crippen LogP contribution is 2.27. The predicted molar refractivity (Wildman–Crippen MR) is 81.7 cm³/mol. The number of amides is 1. The van der Waals surface area contributed by atoms with Gasteiger partial charge in [0.15, 0.2) is 0 Å². The zero-order valence-electron chi connectivity index (χ0n) is 12.7. The summed E-state index contributed by atoms with van der Waals surface area (Å²) in [7, 11) is 1.48. The molecule has 0 aromatic heterocycles. The molecule has 0 fully saturated rings. The summed E-state index contributed by atoms with van der Waals surface area (Å²) in [5.74, 6) is -0.440. The van der Waals surface area contributed by atoms with Crippen molar-refractivity contribution in [2.75, 3.05) is 7.11 Å². The van der Waals surface area contributed by atoms with Crippen LogP contribution < -0.4 is 10.1 Å². The first-order chi connectivity index (χ1) is 10.4. The van der Waals surface area contributed by atoms with Gasteiger partial charge in [-0.1, -0.05) is 6.07 Å². The summed E-state index contributed by atoms with van der Waals surface area (Å²) in [5.41, 5.74) is 1.56. The number of aromatic hydroxyl groups is 1. The molecule has 0 aliphatic heterocycles. The van der Waals surface area contributed by atoms with Crippen LogP contribution in [0.4, 0.5) is 4.39 Å². The number of phenolic OH excluding ortho intramolecular Hbond substituents is 1. The summed E-state index contributed by atoms with van der Waals surface area (Å²) < 4.78 is 18.6. The van der Waals surface area contributed by atoms with Gasteiger partial charge in [-0.3, -0.25) is 4.79 Å². The van der Waals surface area contributed by atoms with Gasteiger partial charge in [0.1, 0.15) is 17.3 Å². The molecule has 2 rings (SSSR count). The number of carbonyl (C=O) groups is 1. The quantitative estimate of drug-likeness (QED) is 0.910. The van der Waals surface area contributed by atoms with Crippen LogP contribution in [0.15, 0.2) is 36.4 Å². The van der Waals surface area contributed by atoms with Gasteiger partial charge in [0.2, 0.25) is 0 Å². The van der Waals surface area contributed by atoms with Crippen molar-refractivity contribution in [3.8, 4) is 11.5 Å². The average molecular weight is 303 g/mol. The van der Waals surface area contributed by atoms with E-state index < -0.39 is 17.8 Å². The normalized spacial score (nSPS) is 11.8. The number of hydrogen-bond donors (Lipinski definition) is 2. The lowest BCUT2D eigenvalue weighted by molar-refractivity contribution is 0.0936. The molecule has 0 aliphatic carbocycles. The molecule has 22 heavy (non-hydrogen) atoms. The lowest BCUT2D eigenvalue weighted by Gasteiger charge is -2.18. The van der Waals surface area contributed by atoms with Crippen molar-refractivity contribution in [3.05, 3.63) is 58.9 Å². The Morgan fingerprint density at radius 2 is 2.00 bits per heavy atom. The van der Waals surface area contributed by atoms with Crippen LogP contribution in [0, 0.1) is 12.7 Å². The van der Waals surface area contributed by atoms with E-state index in [1.807, 2.05) is 6.92 Å². The van der Waals surface area contributed by atoms with Gasteiger partial charge in [0, 0.05) is 5.56 Å². The molecular weight excluding hydrogens is 285 g/mol. The molecule has 2 aromatic carbocycles. The summed E-state index contributed by atoms with van der Waals surface area (Å²) >= 11 is 0. The zero-order chi connectivity index (χ0) is 16.3. The van der Waals surface area contributed by atoms with Gasteiger partial charge in [-0.25, -0.2) is 4.39 Å². The molecule has 0 aliphatic rings. The SMILES string of the molecule is COc1ccc(F)cc1C(C)NC(=O)c1ccc(C)cc1O. The molecule has 0 saturated carbocycles. The van der Waals surface area contributed by atoms with Crippen LogP contribution in [-0.2, 0) is 0 Å². The van der Waals surface area contributed by atoms with E-state index in [9.17, 15) is 14.3 Å². The average Bonchev–Trinajstić information content (AvgIpc) is 2.46. The van der Waals surface area contributed by atoms with E-state index in [1.165, 1.54) is 31.4 Å². The van der Waals surface area contributed by atoms with Gasteiger partial charge in [-0.2, -0.15) is 0 Å².